The molecule has 1 heterocycles. The lowest BCUT2D eigenvalue weighted by molar-refractivity contribution is -0.145. The number of carbonyl (C=O) groups excluding carboxylic acids is 1. The van der Waals surface area contributed by atoms with E-state index in [-0.39, 0.29) is 17.2 Å². The summed E-state index contributed by atoms with van der Waals surface area (Å²) in [5, 5.41) is 0.466. The van der Waals surface area contributed by atoms with Gasteiger partial charge >= 0.3 is 5.97 Å². The summed E-state index contributed by atoms with van der Waals surface area (Å²) in [4.78, 5) is 15.2. The van der Waals surface area contributed by atoms with E-state index in [0.717, 1.165) is 17.4 Å². The highest BCUT2D eigenvalue weighted by Crippen LogP contribution is 2.31. The molecule has 10 heteroatoms. The third kappa shape index (κ3) is 5.12. The van der Waals surface area contributed by atoms with Crippen LogP contribution in [0.3, 0.4) is 0 Å². The summed E-state index contributed by atoms with van der Waals surface area (Å²) in [7, 11) is -4.01. The van der Waals surface area contributed by atoms with Crippen LogP contribution in [0.15, 0.2) is 36.2 Å². The van der Waals surface area contributed by atoms with E-state index < -0.39 is 33.2 Å². The van der Waals surface area contributed by atoms with Crippen molar-refractivity contribution in [3.05, 3.63) is 58.9 Å². The van der Waals surface area contributed by atoms with Crippen molar-refractivity contribution < 1.29 is 22.3 Å². The number of ether oxygens (including phenoxy) is 1. The molecule has 0 bridgehead atoms. The van der Waals surface area contributed by atoms with Crippen LogP contribution in [0.1, 0.15) is 42.0 Å². The number of sulfonamides is 1. The van der Waals surface area contributed by atoms with Crippen molar-refractivity contribution in [3.63, 3.8) is 0 Å². The first kappa shape index (κ1) is 21.0. The molecule has 0 saturated heterocycles. The number of hydrogen-bond acceptors (Lipinski definition) is 7. The SMILES string of the molecule is C=CC(c1cc(F)ccc1CN)S(=O)(=O)Nc1nc(C(C)OC(C)=O)cs1. The predicted octanol–water partition coefficient (Wildman–Crippen LogP) is 3.03. The van der Waals surface area contributed by atoms with Crippen molar-refractivity contribution in [1.29, 1.82) is 0 Å². The Hall–Kier alpha value is -2.30. The standard InChI is InChI=1S/C17H20FN3O4S2/c1-4-16(14-7-13(18)6-5-12(14)8-19)27(23,24)21-17-20-15(9-26-17)10(2)25-11(3)22/h4-7,9-10,16H,1,8,19H2,2-3H3,(H,20,21). The number of hydrogen-bond donors (Lipinski definition) is 2. The number of carbonyl (C=O) groups is 1. The van der Waals surface area contributed by atoms with Crippen LogP contribution in [0, 0.1) is 5.82 Å². The molecule has 0 radical (unpaired) electrons. The second-order valence-corrected chi connectivity index (χ2v) is 8.34. The van der Waals surface area contributed by atoms with E-state index in [4.69, 9.17) is 10.5 Å². The van der Waals surface area contributed by atoms with Gasteiger partial charge in [0.2, 0.25) is 10.0 Å². The number of nitrogens with two attached hydrogens (primary N) is 1. The Balaban J connectivity index is 2.30. The molecule has 1 aromatic heterocycles. The fraction of sp³-hybridized carbons (Fsp3) is 0.294. The van der Waals surface area contributed by atoms with Crippen molar-refractivity contribution in [2.75, 3.05) is 4.72 Å². The summed E-state index contributed by atoms with van der Waals surface area (Å²) in [5.41, 5.74) is 6.76. The topological polar surface area (TPSA) is 111 Å². The molecule has 0 amide bonds. The minimum Gasteiger partial charge on any atom is -0.456 e. The Kier molecular flexibility index (Phi) is 6.68. The number of nitrogens with one attached hydrogen (secondary N) is 1. The molecule has 7 nitrogen and oxygen atoms in total. The number of aromatic nitrogens is 1. The van der Waals surface area contributed by atoms with Crippen LogP contribution in [0.25, 0.3) is 0 Å². The van der Waals surface area contributed by atoms with Gasteiger partial charge in [-0.15, -0.1) is 17.9 Å². The number of nitrogens with zero attached hydrogens (tertiary/aromatic N) is 1. The number of esters is 1. The zero-order valence-electron chi connectivity index (χ0n) is 14.8. The monoisotopic (exact) mass is 413 g/mol. The van der Waals surface area contributed by atoms with Gasteiger partial charge in [-0.3, -0.25) is 9.52 Å². The second kappa shape index (κ2) is 8.59. The van der Waals surface area contributed by atoms with Crippen molar-refractivity contribution in [2.24, 2.45) is 5.73 Å². The largest absolute Gasteiger partial charge is 0.456 e. The van der Waals surface area contributed by atoms with Crippen LogP contribution in [0.2, 0.25) is 0 Å². The summed E-state index contributed by atoms with van der Waals surface area (Å²) in [6.45, 7) is 6.51. The van der Waals surface area contributed by atoms with Crippen LogP contribution < -0.4 is 10.5 Å². The molecule has 0 aliphatic rings. The van der Waals surface area contributed by atoms with E-state index in [0.29, 0.717) is 11.3 Å². The molecule has 2 atom stereocenters. The summed E-state index contributed by atoms with van der Waals surface area (Å²) in [6, 6.07) is 3.79. The summed E-state index contributed by atoms with van der Waals surface area (Å²) < 4.78 is 46.6. The number of rotatable bonds is 8. The van der Waals surface area contributed by atoms with Crippen molar-refractivity contribution in [3.8, 4) is 0 Å². The quantitative estimate of drug-likeness (QED) is 0.508. The molecule has 2 aromatic rings. The van der Waals surface area contributed by atoms with Gasteiger partial charge in [-0.25, -0.2) is 17.8 Å². The highest BCUT2D eigenvalue weighted by molar-refractivity contribution is 7.93. The number of benzene rings is 1. The van der Waals surface area contributed by atoms with Gasteiger partial charge in [0.1, 0.15) is 17.2 Å². The Labute approximate surface area is 161 Å². The molecular formula is C17H20FN3O4S2. The molecule has 3 N–H and O–H groups in total. The maximum absolute atomic E-state index is 13.6. The van der Waals surface area contributed by atoms with Crippen molar-refractivity contribution in [2.45, 2.75) is 31.7 Å². The predicted molar refractivity (Wildman–Crippen MR) is 102 cm³/mol. The summed E-state index contributed by atoms with van der Waals surface area (Å²) >= 11 is 1.04. The molecule has 2 unspecified atom stereocenters. The maximum atomic E-state index is 13.6. The number of thiazole rings is 1. The zero-order chi connectivity index (χ0) is 20.2. The average molecular weight is 413 g/mol. The van der Waals surface area contributed by atoms with Gasteiger partial charge in [0.25, 0.3) is 0 Å². The Morgan fingerprint density at radius 2 is 2.22 bits per heavy atom. The van der Waals surface area contributed by atoms with Gasteiger partial charge in [-0.1, -0.05) is 12.1 Å². The maximum Gasteiger partial charge on any atom is 0.303 e. The van der Waals surface area contributed by atoms with E-state index in [1.54, 1.807) is 12.3 Å². The summed E-state index contributed by atoms with van der Waals surface area (Å²) in [6.07, 6.45) is 0.589. The van der Waals surface area contributed by atoms with Gasteiger partial charge in [0.15, 0.2) is 5.13 Å². The van der Waals surface area contributed by atoms with E-state index in [1.165, 1.54) is 25.1 Å². The molecule has 0 saturated carbocycles. The van der Waals surface area contributed by atoms with Crippen molar-refractivity contribution >= 4 is 32.5 Å². The van der Waals surface area contributed by atoms with E-state index in [1.807, 2.05) is 0 Å². The highest BCUT2D eigenvalue weighted by atomic mass is 32.2. The fourth-order valence-corrected chi connectivity index (χ4v) is 4.85. The smallest absolute Gasteiger partial charge is 0.303 e. The van der Waals surface area contributed by atoms with Crippen LogP contribution in [-0.2, 0) is 26.1 Å². The average Bonchev–Trinajstić information content (AvgIpc) is 3.02. The minimum atomic E-state index is -4.01. The molecule has 27 heavy (non-hydrogen) atoms. The normalized spacial score (nSPS) is 13.6. The Morgan fingerprint density at radius 3 is 2.81 bits per heavy atom. The molecule has 0 spiro atoms. The van der Waals surface area contributed by atoms with Gasteiger partial charge in [-0.05, 0) is 30.2 Å². The van der Waals surface area contributed by atoms with E-state index >= 15 is 0 Å². The van der Waals surface area contributed by atoms with Gasteiger partial charge < -0.3 is 10.5 Å². The Bertz CT molecular complexity index is 943. The van der Waals surface area contributed by atoms with E-state index in [9.17, 15) is 17.6 Å². The molecule has 0 aliphatic heterocycles. The second-order valence-electron chi connectivity index (χ2n) is 5.68. The fourth-order valence-electron chi connectivity index (χ4n) is 2.45. The lowest BCUT2D eigenvalue weighted by atomic mass is 10.0. The number of anilines is 1. The lowest BCUT2D eigenvalue weighted by Crippen LogP contribution is -2.21. The first-order chi connectivity index (χ1) is 12.7. The molecule has 1 aromatic carbocycles. The van der Waals surface area contributed by atoms with E-state index in [2.05, 4.69) is 16.3 Å². The summed E-state index contributed by atoms with van der Waals surface area (Å²) in [5.74, 6) is -1.04. The van der Waals surface area contributed by atoms with Crippen LogP contribution in [0.5, 0.6) is 0 Å². The zero-order valence-corrected chi connectivity index (χ0v) is 16.4. The molecule has 0 aliphatic carbocycles. The molecule has 146 valence electrons. The number of halogens is 1. The third-order valence-corrected chi connectivity index (χ3v) is 6.19. The van der Waals surface area contributed by atoms with Crippen LogP contribution in [0.4, 0.5) is 9.52 Å². The van der Waals surface area contributed by atoms with Gasteiger partial charge in [-0.2, -0.15) is 0 Å². The van der Waals surface area contributed by atoms with Crippen molar-refractivity contribution in [1.82, 2.24) is 4.98 Å². The highest BCUT2D eigenvalue weighted by Gasteiger charge is 2.28. The first-order valence-corrected chi connectivity index (χ1v) is 10.4. The molecular weight excluding hydrogens is 393 g/mol. The van der Waals surface area contributed by atoms with Crippen LogP contribution >= 0.6 is 11.3 Å². The first-order valence-electron chi connectivity index (χ1n) is 7.93. The minimum absolute atomic E-state index is 0.0524. The van der Waals surface area contributed by atoms with Crippen LogP contribution in [-0.4, -0.2) is 19.4 Å². The third-order valence-electron chi connectivity index (χ3n) is 3.69. The van der Waals surface area contributed by atoms with Gasteiger partial charge in [0, 0.05) is 18.8 Å². The lowest BCUT2D eigenvalue weighted by Gasteiger charge is -2.17. The van der Waals surface area contributed by atoms with Gasteiger partial charge in [0.05, 0.1) is 5.69 Å². The molecule has 2 rings (SSSR count). The molecule has 0 fully saturated rings. The Morgan fingerprint density at radius 1 is 1.52 bits per heavy atom.